The van der Waals surface area contributed by atoms with Crippen LogP contribution in [0.1, 0.15) is 26.7 Å². The minimum absolute atomic E-state index is 0.00870. The number of benzene rings is 1. The molecule has 0 fully saturated rings. The standard InChI is InChI=1S/C17H24N4O3/c1-4-18-15(22)11-21(5-2)12-16-19-17(20-24-16)13-7-9-14(10-8-13)23-6-3/h7-10H,4-6,11-12H2,1-3H3,(H,18,22). The molecule has 0 aliphatic carbocycles. The fourth-order valence-corrected chi connectivity index (χ4v) is 2.23. The van der Waals surface area contributed by atoms with E-state index in [-0.39, 0.29) is 5.91 Å². The van der Waals surface area contributed by atoms with Crippen molar-refractivity contribution in [3.8, 4) is 17.1 Å². The van der Waals surface area contributed by atoms with Gasteiger partial charge in [-0.05, 0) is 44.7 Å². The summed E-state index contributed by atoms with van der Waals surface area (Å²) >= 11 is 0. The molecule has 0 aliphatic rings. The molecule has 0 aliphatic heterocycles. The number of nitrogens with zero attached hydrogens (tertiary/aromatic N) is 3. The highest BCUT2D eigenvalue weighted by atomic mass is 16.5. The summed E-state index contributed by atoms with van der Waals surface area (Å²) in [6, 6.07) is 7.54. The highest BCUT2D eigenvalue weighted by Crippen LogP contribution is 2.20. The Bertz CT molecular complexity index is 640. The van der Waals surface area contributed by atoms with Crippen molar-refractivity contribution in [2.45, 2.75) is 27.3 Å². The van der Waals surface area contributed by atoms with Crippen LogP contribution >= 0.6 is 0 Å². The summed E-state index contributed by atoms with van der Waals surface area (Å²) in [5, 5.41) is 6.79. The number of rotatable bonds is 9. The third kappa shape index (κ3) is 5.06. The fourth-order valence-electron chi connectivity index (χ4n) is 2.23. The summed E-state index contributed by atoms with van der Waals surface area (Å²) in [6.07, 6.45) is 0. The maximum absolute atomic E-state index is 11.7. The SMILES string of the molecule is CCNC(=O)CN(CC)Cc1nc(-c2ccc(OCC)cc2)no1. The lowest BCUT2D eigenvalue weighted by Gasteiger charge is -2.17. The number of hydrogen-bond donors (Lipinski definition) is 1. The average molecular weight is 332 g/mol. The van der Waals surface area contributed by atoms with E-state index in [1.165, 1.54) is 0 Å². The van der Waals surface area contributed by atoms with Gasteiger partial charge in [0.1, 0.15) is 5.75 Å². The van der Waals surface area contributed by atoms with E-state index < -0.39 is 0 Å². The van der Waals surface area contributed by atoms with Gasteiger partial charge in [-0.1, -0.05) is 12.1 Å². The molecule has 0 spiro atoms. The number of likely N-dealkylation sites (N-methyl/N-ethyl adjacent to an activating group) is 2. The Labute approximate surface area is 142 Å². The van der Waals surface area contributed by atoms with Crippen LogP contribution in [0.2, 0.25) is 0 Å². The van der Waals surface area contributed by atoms with Gasteiger partial charge in [0.2, 0.25) is 17.6 Å². The van der Waals surface area contributed by atoms with Crippen LogP contribution in [0.5, 0.6) is 5.75 Å². The Hall–Kier alpha value is -2.41. The molecular formula is C17H24N4O3. The molecule has 0 bridgehead atoms. The van der Waals surface area contributed by atoms with Crippen LogP contribution < -0.4 is 10.1 Å². The number of nitrogens with one attached hydrogen (secondary N) is 1. The molecule has 1 aromatic carbocycles. The van der Waals surface area contributed by atoms with Crippen molar-refractivity contribution in [3.63, 3.8) is 0 Å². The summed E-state index contributed by atoms with van der Waals surface area (Å²) in [7, 11) is 0. The lowest BCUT2D eigenvalue weighted by molar-refractivity contribution is -0.122. The number of ether oxygens (including phenoxy) is 1. The van der Waals surface area contributed by atoms with Gasteiger partial charge >= 0.3 is 0 Å². The molecule has 0 saturated carbocycles. The Morgan fingerprint density at radius 1 is 1.25 bits per heavy atom. The third-order valence-corrected chi connectivity index (χ3v) is 3.44. The predicted octanol–water partition coefficient (Wildman–Crippen LogP) is 2.09. The largest absolute Gasteiger partial charge is 0.494 e. The van der Waals surface area contributed by atoms with E-state index in [9.17, 15) is 4.79 Å². The molecule has 2 aromatic rings. The zero-order chi connectivity index (χ0) is 17.4. The summed E-state index contributed by atoms with van der Waals surface area (Å²) in [6.45, 7) is 8.56. The quantitative estimate of drug-likeness (QED) is 0.757. The van der Waals surface area contributed by atoms with E-state index in [1.54, 1.807) is 0 Å². The van der Waals surface area contributed by atoms with E-state index in [0.29, 0.717) is 38.0 Å². The van der Waals surface area contributed by atoms with Crippen molar-refractivity contribution in [1.29, 1.82) is 0 Å². The zero-order valence-electron chi connectivity index (χ0n) is 14.4. The molecule has 2 rings (SSSR count). The average Bonchev–Trinajstić information content (AvgIpc) is 3.04. The maximum Gasteiger partial charge on any atom is 0.241 e. The molecule has 0 atom stereocenters. The second kappa shape index (κ2) is 9.02. The highest BCUT2D eigenvalue weighted by Gasteiger charge is 2.14. The van der Waals surface area contributed by atoms with Gasteiger partial charge in [-0.15, -0.1) is 0 Å². The number of carbonyl (C=O) groups is 1. The molecule has 1 amide bonds. The topological polar surface area (TPSA) is 80.5 Å². The first kappa shape index (κ1) is 17.9. The van der Waals surface area contributed by atoms with Gasteiger partial charge in [-0.25, -0.2) is 0 Å². The van der Waals surface area contributed by atoms with Gasteiger partial charge in [0, 0.05) is 12.1 Å². The molecule has 1 aromatic heterocycles. The van der Waals surface area contributed by atoms with Gasteiger partial charge in [0.25, 0.3) is 0 Å². The van der Waals surface area contributed by atoms with E-state index in [4.69, 9.17) is 9.26 Å². The van der Waals surface area contributed by atoms with Gasteiger partial charge in [-0.2, -0.15) is 4.98 Å². The van der Waals surface area contributed by atoms with Gasteiger partial charge in [-0.3, -0.25) is 9.69 Å². The molecular weight excluding hydrogens is 308 g/mol. The zero-order valence-corrected chi connectivity index (χ0v) is 14.4. The predicted molar refractivity (Wildman–Crippen MR) is 90.5 cm³/mol. The van der Waals surface area contributed by atoms with Crippen molar-refractivity contribution in [1.82, 2.24) is 20.4 Å². The van der Waals surface area contributed by atoms with Crippen LogP contribution in [0.4, 0.5) is 0 Å². The Balaban J connectivity index is 1.99. The van der Waals surface area contributed by atoms with Crippen molar-refractivity contribution >= 4 is 5.91 Å². The summed E-state index contributed by atoms with van der Waals surface area (Å²) in [5.74, 6) is 1.82. The van der Waals surface area contributed by atoms with Crippen LogP contribution in [0, 0.1) is 0 Å². The normalized spacial score (nSPS) is 10.8. The molecule has 7 nitrogen and oxygen atoms in total. The van der Waals surface area contributed by atoms with Crippen molar-refractivity contribution in [2.75, 3.05) is 26.2 Å². The summed E-state index contributed by atoms with van der Waals surface area (Å²) < 4.78 is 10.7. The molecule has 1 heterocycles. The fraction of sp³-hybridized carbons (Fsp3) is 0.471. The van der Waals surface area contributed by atoms with E-state index >= 15 is 0 Å². The molecule has 24 heavy (non-hydrogen) atoms. The Kier molecular flexibility index (Phi) is 6.74. The first-order valence-corrected chi connectivity index (χ1v) is 8.21. The number of amides is 1. The highest BCUT2D eigenvalue weighted by molar-refractivity contribution is 5.77. The van der Waals surface area contributed by atoms with E-state index in [1.807, 2.05) is 49.9 Å². The molecule has 130 valence electrons. The van der Waals surface area contributed by atoms with Crippen LogP contribution in [0.25, 0.3) is 11.4 Å². The number of aromatic nitrogens is 2. The van der Waals surface area contributed by atoms with Gasteiger partial charge in [0.15, 0.2) is 0 Å². The smallest absolute Gasteiger partial charge is 0.241 e. The summed E-state index contributed by atoms with van der Waals surface area (Å²) in [5.41, 5.74) is 0.861. The molecule has 0 saturated heterocycles. The second-order valence-electron chi connectivity index (χ2n) is 5.23. The van der Waals surface area contributed by atoms with Crippen LogP contribution in [-0.2, 0) is 11.3 Å². The summed E-state index contributed by atoms with van der Waals surface area (Å²) in [4.78, 5) is 18.0. The second-order valence-corrected chi connectivity index (χ2v) is 5.23. The monoisotopic (exact) mass is 332 g/mol. The molecule has 0 radical (unpaired) electrons. The van der Waals surface area contributed by atoms with Crippen molar-refractivity contribution in [3.05, 3.63) is 30.2 Å². The Morgan fingerprint density at radius 2 is 2.00 bits per heavy atom. The van der Waals surface area contributed by atoms with E-state index in [0.717, 1.165) is 17.9 Å². The van der Waals surface area contributed by atoms with Crippen molar-refractivity contribution < 1.29 is 14.1 Å². The van der Waals surface area contributed by atoms with Crippen molar-refractivity contribution in [2.24, 2.45) is 0 Å². The first-order valence-electron chi connectivity index (χ1n) is 8.21. The molecule has 1 N–H and O–H groups in total. The number of carbonyl (C=O) groups excluding carboxylic acids is 1. The third-order valence-electron chi connectivity index (χ3n) is 3.44. The molecule has 7 heteroatoms. The van der Waals surface area contributed by atoms with Crippen LogP contribution in [0.3, 0.4) is 0 Å². The van der Waals surface area contributed by atoms with Crippen LogP contribution in [-0.4, -0.2) is 47.2 Å². The number of hydrogen-bond acceptors (Lipinski definition) is 6. The van der Waals surface area contributed by atoms with E-state index in [2.05, 4.69) is 15.5 Å². The van der Waals surface area contributed by atoms with Crippen LogP contribution in [0.15, 0.2) is 28.8 Å². The lowest BCUT2D eigenvalue weighted by atomic mass is 10.2. The van der Waals surface area contributed by atoms with Gasteiger partial charge < -0.3 is 14.6 Å². The lowest BCUT2D eigenvalue weighted by Crippen LogP contribution is -2.36. The van der Waals surface area contributed by atoms with Gasteiger partial charge in [0.05, 0.1) is 19.7 Å². The maximum atomic E-state index is 11.7. The first-order chi connectivity index (χ1) is 11.7. The molecule has 0 unspecified atom stereocenters. The minimum Gasteiger partial charge on any atom is -0.494 e. The minimum atomic E-state index is -0.00870. The Morgan fingerprint density at radius 3 is 2.62 bits per heavy atom.